The van der Waals surface area contributed by atoms with Crippen LogP contribution in [0.3, 0.4) is 0 Å². The Morgan fingerprint density at radius 1 is 0.394 bits per heavy atom. The van der Waals surface area contributed by atoms with Crippen molar-refractivity contribution in [3.8, 4) is 0 Å². The average molecular weight is 1330 g/mol. The van der Waals surface area contributed by atoms with Crippen LogP contribution in [0.2, 0.25) is 0 Å². The van der Waals surface area contributed by atoms with Crippen LogP contribution in [0.4, 0.5) is 0 Å². The van der Waals surface area contributed by atoms with E-state index in [1.807, 2.05) is 6.08 Å². The molecule has 1 aliphatic rings. The van der Waals surface area contributed by atoms with E-state index in [1.54, 1.807) is 6.08 Å². The van der Waals surface area contributed by atoms with Crippen LogP contribution in [0.5, 0.6) is 0 Å². The van der Waals surface area contributed by atoms with E-state index in [1.165, 1.54) is 295 Å². The number of rotatable bonds is 72. The van der Waals surface area contributed by atoms with Crippen LogP contribution in [0.1, 0.15) is 393 Å². The van der Waals surface area contributed by atoms with Gasteiger partial charge in [-0.25, -0.2) is 0 Å². The molecule has 0 aromatic carbocycles. The highest BCUT2D eigenvalue weighted by Gasteiger charge is 2.44. The van der Waals surface area contributed by atoms with E-state index in [-0.39, 0.29) is 18.5 Å². The van der Waals surface area contributed by atoms with Crippen molar-refractivity contribution >= 4 is 11.9 Å². The van der Waals surface area contributed by atoms with Gasteiger partial charge in [-0.1, -0.05) is 351 Å². The second kappa shape index (κ2) is 71.6. The lowest BCUT2D eigenvalue weighted by Gasteiger charge is -2.40. The van der Waals surface area contributed by atoms with Crippen LogP contribution in [0.25, 0.3) is 0 Å². The van der Waals surface area contributed by atoms with Crippen LogP contribution >= 0.6 is 0 Å². The molecule has 6 N–H and O–H groups in total. The highest BCUT2D eigenvalue weighted by molar-refractivity contribution is 5.76. The number of nitrogens with one attached hydrogen (secondary N) is 1. The molecule has 0 aromatic rings. The molecule has 1 fully saturated rings. The highest BCUT2D eigenvalue weighted by atomic mass is 16.7. The van der Waals surface area contributed by atoms with Crippen LogP contribution in [0.15, 0.2) is 60.8 Å². The maximum absolute atomic E-state index is 13.1. The Labute approximate surface area is 579 Å². The number of hydrogen-bond donors (Lipinski definition) is 6. The molecule has 1 heterocycles. The van der Waals surface area contributed by atoms with Crippen molar-refractivity contribution in [2.75, 3.05) is 19.8 Å². The molecule has 1 amide bonds. The first-order valence-electron chi connectivity index (χ1n) is 40.6. The van der Waals surface area contributed by atoms with Crippen molar-refractivity contribution in [2.45, 2.75) is 436 Å². The summed E-state index contributed by atoms with van der Waals surface area (Å²) in [4.78, 5) is 25.2. The molecule has 11 heteroatoms. The predicted molar refractivity (Wildman–Crippen MR) is 398 cm³/mol. The van der Waals surface area contributed by atoms with Gasteiger partial charge in [0.1, 0.15) is 24.4 Å². The number of carbonyl (C=O) groups is 2. The van der Waals surface area contributed by atoms with Crippen LogP contribution in [0, 0.1) is 0 Å². The third-order valence-corrected chi connectivity index (χ3v) is 19.1. The minimum atomic E-state index is -1.58. The van der Waals surface area contributed by atoms with Gasteiger partial charge < -0.3 is 45.1 Å². The summed E-state index contributed by atoms with van der Waals surface area (Å²) in [6.45, 7) is 4.34. The van der Waals surface area contributed by atoms with Gasteiger partial charge in [0.25, 0.3) is 0 Å². The average Bonchev–Trinajstić information content (AvgIpc) is 0.844. The van der Waals surface area contributed by atoms with Crippen molar-refractivity contribution in [2.24, 2.45) is 0 Å². The molecule has 7 atom stereocenters. The molecule has 550 valence electrons. The smallest absolute Gasteiger partial charge is 0.305 e. The van der Waals surface area contributed by atoms with Gasteiger partial charge in [0.2, 0.25) is 5.91 Å². The van der Waals surface area contributed by atoms with Gasteiger partial charge in [0.15, 0.2) is 6.29 Å². The van der Waals surface area contributed by atoms with E-state index in [9.17, 15) is 35.1 Å². The Bertz CT molecular complexity index is 1750. The largest absolute Gasteiger partial charge is 0.466 e. The molecule has 1 saturated heterocycles. The number of unbranched alkanes of at least 4 members (excludes halogenated alkanes) is 50. The third-order valence-electron chi connectivity index (χ3n) is 19.1. The van der Waals surface area contributed by atoms with Gasteiger partial charge in [-0.3, -0.25) is 9.59 Å². The number of allylic oxidation sites excluding steroid dienone is 9. The van der Waals surface area contributed by atoms with E-state index < -0.39 is 49.5 Å². The molecule has 0 aromatic heterocycles. The Morgan fingerprint density at radius 3 is 1.14 bits per heavy atom. The Balaban J connectivity index is 1.91. The Kier molecular flexibility index (Phi) is 68.1. The molecule has 1 aliphatic heterocycles. The van der Waals surface area contributed by atoms with Crippen LogP contribution < -0.4 is 5.32 Å². The molecule has 7 unspecified atom stereocenters. The number of hydrogen-bond acceptors (Lipinski definition) is 10. The quantitative estimate of drug-likeness (QED) is 0.0195. The van der Waals surface area contributed by atoms with Gasteiger partial charge >= 0.3 is 5.97 Å². The van der Waals surface area contributed by atoms with Gasteiger partial charge in [-0.05, 0) is 89.9 Å². The molecule has 0 saturated carbocycles. The van der Waals surface area contributed by atoms with Crippen molar-refractivity contribution in [1.82, 2.24) is 5.32 Å². The summed E-state index contributed by atoms with van der Waals surface area (Å²) < 4.78 is 16.8. The van der Waals surface area contributed by atoms with Crippen LogP contribution in [-0.2, 0) is 23.8 Å². The summed E-state index contributed by atoms with van der Waals surface area (Å²) in [6.07, 6.45) is 86.9. The standard InChI is InChI=1S/C83H153NO10/c1-3-5-7-9-11-13-15-17-47-51-55-59-63-67-71-79(88)92-72-68-64-60-56-52-48-44-42-40-38-36-34-32-30-28-26-24-22-20-18-19-21-23-25-27-29-31-33-35-37-39-41-43-46-50-54-58-62-66-70-78(87)84-75(74-93-83-82(91)81(90)80(89)77(73-85)94-83)76(86)69-65-61-57-53-49-45-16-14-12-10-8-6-4-2/h12,14,18-19,22,24,49,53,65,69,75-77,80-83,85-86,89-91H,3-11,13,15-17,20-21,23,25-48,50-52,54-64,66-68,70-74H2,1-2H3,(H,84,87)/b14-12+,19-18-,24-22-,53-49+,69-65+. The highest BCUT2D eigenvalue weighted by Crippen LogP contribution is 2.24. The van der Waals surface area contributed by atoms with E-state index in [4.69, 9.17) is 14.2 Å². The van der Waals surface area contributed by atoms with Crippen molar-refractivity contribution in [3.05, 3.63) is 60.8 Å². The van der Waals surface area contributed by atoms with Crippen molar-refractivity contribution < 1.29 is 49.3 Å². The minimum absolute atomic E-state index is 0.0169. The molecule has 0 aliphatic carbocycles. The van der Waals surface area contributed by atoms with Gasteiger partial charge in [0.05, 0.1) is 32.0 Å². The van der Waals surface area contributed by atoms with E-state index in [0.29, 0.717) is 19.4 Å². The number of carbonyl (C=O) groups excluding carboxylic acids is 2. The van der Waals surface area contributed by atoms with Crippen molar-refractivity contribution in [1.29, 1.82) is 0 Å². The molecule has 94 heavy (non-hydrogen) atoms. The monoisotopic (exact) mass is 1320 g/mol. The zero-order valence-electron chi connectivity index (χ0n) is 61.4. The summed E-state index contributed by atoms with van der Waals surface area (Å²) in [7, 11) is 0. The zero-order chi connectivity index (χ0) is 67.9. The molecule has 1 rings (SSSR count). The molecule has 0 bridgehead atoms. The normalized spacial score (nSPS) is 17.7. The number of esters is 1. The van der Waals surface area contributed by atoms with Crippen molar-refractivity contribution in [3.63, 3.8) is 0 Å². The molecule has 11 nitrogen and oxygen atoms in total. The number of aliphatic hydroxyl groups excluding tert-OH is 5. The molecule has 0 spiro atoms. The third kappa shape index (κ3) is 59.4. The fraction of sp³-hybridized carbons (Fsp3) is 0.855. The number of amides is 1. The first kappa shape index (κ1) is 89.4. The first-order chi connectivity index (χ1) is 46.2. The lowest BCUT2D eigenvalue weighted by Crippen LogP contribution is -2.60. The topological polar surface area (TPSA) is 175 Å². The second-order valence-corrected chi connectivity index (χ2v) is 28.1. The van der Waals surface area contributed by atoms with Gasteiger partial charge in [-0.15, -0.1) is 0 Å². The SMILES string of the molecule is CCCCC/C=C/CC/C=C/CC/C=C/C(O)C(COC1OC(CO)C(O)C(O)C1O)NC(=O)CCCCCCCCCCCCCCCCCCC/C=C\C/C=C\CCCCCCCCCCCCCCCCCOC(=O)CCCCCCCCCCCCCCCC. The lowest BCUT2D eigenvalue weighted by atomic mass is 9.99. The summed E-state index contributed by atoms with van der Waals surface area (Å²) in [5, 5.41) is 54.5. The summed E-state index contributed by atoms with van der Waals surface area (Å²) in [6, 6.07) is -0.833. The first-order valence-corrected chi connectivity index (χ1v) is 40.6. The predicted octanol–water partition coefficient (Wildman–Crippen LogP) is 22.0. The second-order valence-electron chi connectivity index (χ2n) is 28.1. The zero-order valence-corrected chi connectivity index (χ0v) is 61.4. The van der Waals surface area contributed by atoms with E-state index >= 15 is 0 Å². The number of ether oxygens (including phenoxy) is 3. The van der Waals surface area contributed by atoms with Gasteiger partial charge in [-0.2, -0.15) is 0 Å². The molecular formula is C83H153NO10. The summed E-state index contributed by atoms with van der Waals surface area (Å²) >= 11 is 0. The summed E-state index contributed by atoms with van der Waals surface area (Å²) in [5.74, 6) is -0.176. The maximum Gasteiger partial charge on any atom is 0.305 e. The van der Waals surface area contributed by atoms with Gasteiger partial charge in [0, 0.05) is 12.8 Å². The summed E-state index contributed by atoms with van der Waals surface area (Å²) in [5.41, 5.74) is 0. The van der Waals surface area contributed by atoms with Crippen LogP contribution in [-0.4, -0.2) is 100 Å². The minimum Gasteiger partial charge on any atom is -0.466 e. The Morgan fingerprint density at radius 2 is 0.723 bits per heavy atom. The van der Waals surface area contributed by atoms with E-state index in [0.717, 1.165) is 70.6 Å². The fourth-order valence-corrected chi connectivity index (χ4v) is 12.7. The fourth-order valence-electron chi connectivity index (χ4n) is 12.7. The lowest BCUT2D eigenvalue weighted by molar-refractivity contribution is -0.302. The van der Waals surface area contributed by atoms with E-state index in [2.05, 4.69) is 67.8 Å². The maximum atomic E-state index is 13.1. The molecule has 0 radical (unpaired) electrons. The molecular weight excluding hydrogens is 1170 g/mol. The Hall–Kier alpha value is -2.64. The number of aliphatic hydroxyl groups is 5.